The normalized spacial score (nSPS) is 11.2. The second kappa shape index (κ2) is 5.60. The molecule has 21 heavy (non-hydrogen) atoms. The second-order valence-electron chi connectivity index (χ2n) is 6.15. The van der Waals surface area contributed by atoms with E-state index in [0.717, 1.165) is 11.1 Å². The SMILES string of the molecule is Cc1ccc(Oc2ccccc2C(=O)O)c(C(C)(C)C)c1. The van der Waals surface area contributed by atoms with Gasteiger partial charge in [0.25, 0.3) is 0 Å². The van der Waals surface area contributed by atoms with Crippen LogP contribution in [-0.2, 0) is 5.41 Å². The first kappa shape index (κ1) is 15.1. The average Bonchev–Trinajstić information content (AvgIpc) is 2.40. The maximum atomic E-state index is 11.3. The molecule has 0 atom stereocenters. The summed E-state index contributed by atoms with van der Waals surface area (Å²) in [5.41, 5.74) is 2.29. The minimum atomic E-state index is -0.991. The third-order valence-corrected chi connectivity index (χ3v) is 3.28. The molecule has 0 saturated carbocycles. The fourth-order valence-electron chi connectivity index (χ4n) is 2.17. The number of ether oxygens (including phenoxy) is 1. The van der Waals surface area contributed by atoms with Crippen LogP contribution in [0.15, 0.2) is 42.5 Å². The zero-order valence-electron chi connectivity index (χ0n) is 12.8. The molecule has 0 aromatic heterocycles. The Kier molecular flexibility index (Phi) is 4.03. The fourth-order valence-corrected chi connectivity index (χ4v) is 2.17. The van der Waals surface area contributed by atoms with Crippen LogP contribution < -0.4 is 4.74 Å². The van der Waals surface area contributed by atoms with Crippen LogP contribution in [0, 0.1) is 6.92 Å². The van der Waals surface area contributed by atoms with Crippen LogP contribution in [0.5, 0.6) is 11.5 Å². The summed E-state index contributed by atoms with van der Waals surface area (Å²) in [4.78, 5) is 11.3. The highest BCUT2D eigenvalue weighted by Gasteiger charge is 2.20. The molecule has 3 nitrogen and oxygen atoms in total. The summed E-state index contributed by atoms with van der Waals surface area (Å²) in [5, 5.41) is 9.24. The number of para-hydroxylation sites is 1. The van der Waals surface area contributed by atoms with Gasteiger partial charge in [0.15, 0.2) is 0 Å². The Labute approximate surface area is 125 Å². The molecule has 2 aromatic rings. The number of carboxylic acids is 1. The van der Waals surface area contributed by atoms with E-state index in [1.54, 1.807) is 24.3 Å². The summed E-state index contributed by atoms with van der Waals surface area (Å²) in [6, 6.07) is 12.6. The van der Waals surface area contributed by atoms with Gasteiger partial charge in [-0.15, -0.1) is 0 Å². The van der Waals surface area contributed by atoms with Crippen LogP contribution in [0.2, 0.25) is 0 Å². The standard InChI is InChI=1S/C18H20O3/c1-12-9-10-16(14(11-12)18(2,3)4)21-15-8-6-5-7-13(15)17(19)20/h5-11H,1-4H3,(H,19,20). The second-order valence-corrected chi connectivity index (χ2v) is 6.15. The lowest BCUT2D eigenvalue weighted by molar-refractivity contribution is 0.0694. The Balaban J connectivity index is 2.48. The van der Waals surface area contributed by atoms with Gasteiger partial charge in [0.05, 0.1) is 0 Å². The van der Waals surface area contributed by atoms with Gasteiger partial charge in [-0.05, 0) is 30.5 Å². The van der Waals surface area contributed by atoms with Crippen LogP contribution in [-0.4, -0.2) is 11.1 Å². The molecule has 0 aliphatic carbocycles. The van der Waals surface area contributed by atoms with Crippen LogP contribution in [0.3, 0.4) is 0 Å². The van der Waals surface area contributed by atoms with E-state index in [9.17, 15) is 9.90 Å². The summed E-state index contributed by atoms with van der Waals surface area (Å²) in [6.07, 6.45) is 0. The summed E-state index contributed by atoms with van der Waals surface area (Å²) in [6.45, 7) is 8.36. The molecule has 2 aromatic carbocycles. The molecule has 0 unspecified atom stereocenters. The molecule has 0 aliphatic heterocycles. The van der Waals surface area contributed by atoms with Gasteiger partial charge >= 0.3 is 5.97 Å². The Morgan fingerprint density at radius 1 is 1.05 bits per heavy atom. The van der Waals surface area contributed by atoms with E-state index in [4.69, 9.17) is 4.74 Å². The first-order chi connectivity index (χ1) is 9.79. The minimum absolute atomic E-state index is 0.0838. The molecule has 0 saturated heterocycles. The van der Waals surface area contributed by atoms with E-state index < -0.39 is 5.97 Å². The molecule has 0 amide bonds. The van der Waals surface area contributed by atoms with Gasteiger partial charge < -0.3 is 9.84 Å². The van der Waals surface area contributed by atoms with Crippen molar-refractivity contribution in [3.8, 4) is 11.5 Å². The monoisotopic (exact) mass is 284 g/mol. The van der Waals surface area contributed by atoms with Crippen LogP contribution in [0.25, 0.3) is 0 Å². The van der Waals surface area contributed by atoms with Crippen molar-refractivity contribution in [2.45, 2.75) is 33.1 Å². The highest BCUT2D eigenvalue weighted by molar-refractivity contribution is 5.90. The van der Waals surface area contributed by atoms with Crippen LogP contribution in [0.4, 0.5) is 0 Å². The van der Waals surface area contributed by atoms with Gasteiger partial charge in [-0.2, -0.15) is 0 Å². The lowest BCUT2D eigenvalue weighted by Crippen LogP contribution is -2.13. The van der Waals surface area contributed by atoms with Crippen molar-refractivity contribution in [3.05, 3.63) is 59.2 Å². The number of hydrogen-bond acceptors (Lipinski definition) is 2. The Bertz CT molecular complexity index is 666. The van der Waals surface area contributed by atoms with Gasteiger partial charge in [-0.25, -0.2) is 4.79 Å². The van der Waals surface area contributed by atoms with Crippen LogP contribution in [0.1, 0.15) is 42.3 Å². The highest BCUT2D eigenvalue weighted by Crippen LogP contribution is 2.35. The smallest absolute Gasteiger partial charge is 0.339 e. The predicted molar refractivity (Wildman–Crippen MR) is 83.4 cm³/mol. The van der Waals surface area contributed by atoms with E-state index in [-0.39, 0.29) is 11.0 Å². The fraction of sp³-hybridized carbons (Fsp3) is 0.278. The van der Waals surface area contributed by atoms with E-state index in [1.807, 2.05) is 19.1 Å². The predicted octanol–water partition coefficient (Wildman–Crippen LogP) is 4.78. The van der Waals surface area contributed by atoms with Crippen molar-refractivity contribution in [2.24, 2.45) is 0 Å². The van der Waals surface area contributed by atoms with Gasteiger partial charge in [0.2, 0.25) is 0 Å². The van der Waals surface area contributed by atoms with Crippen molar-refractivity contribution in [1.29, 1.82) is 0 Å². The van der Waals surface area contributed by atoms with Crippen molar-refractivity contribution in [2.75, 3.05) is 0 Å². The lowest BCUT2D eigenvalue weighted by atomic mass is 9.85. The number of aryl methyl sites for hydroxylation is 1. The Morgan fingerprint density at radius 3 is 2.33 bits per heavy atom. The zero-order chi connectivity index (χ0) is 15.6. The minimum Gasteiger partial charge on any atom is -0.478 e. The highest BCUT2D eigenvalue weighted by atomic mass is 16.5. The maximum Gasteiger partial charge on any atom is 0.339 e. The van der Waals surface area contributed by atoms with E-state index in [0.29, 0.717) is 11.5 Å². The molecule has 2 rings (SSSR count). The van der Waals surface area contributed by atoms with Gasteiger partial charge in [0, 0.05) is 5.56 Å². The molecule has 1 N–H and O–H groups in total. The molecular formula is C18H20O3. The van der Waals surface area contributed by atoms with E-state index in [1.165, 1.54) is 0 Å². The quantitative estimate of drug-likeness (QED) is 0.882. The number of carbonyl (C=O) groups is 1. The summed E-state index contributed by atoms with van der Waals surface area (Å²) in [7, 11) is 0. The average molecular weight is 284 g/mol. The largest absolute Gasteiger partial charge is 0.478 e. The Hall–Kier alpha value is -2.29. The first-order valence-electron chi connectivity index (χ1n) is 6.90. The van der Waals surface area contributed by atoms with E-state index in [2.05, 4.69) is 26.8 Å². The maximum absolute atomic E-state index is 11.3. The molecule has 110 valence electrons. The zero-order valence-corrected chi connectivity index (χ0v) is 12.8. The third kappa shape index (κ3) is 3.43. The van der Waals surface area contributed by atoms with Crippen molar-refractivity contribution < 1.29 is 14.6 Å². The van der Waals surface area contributed by atoms with E-state index >= 15 is 0 Å². The van der Waals surface area contributed by atoms with Crippen LogP contribution >= 0.6 is 0 Å². The molecule has 0 radical (unpaired) electrons. The summed E-state index contributed by atoms with van der Waals surface area (Å²) in [5.74, 6) is 0.0659. The molecule has 0 spiro atoms. The molecular weight excluding hydrogens is 264 g/mol. The molecule has 0 bridgehead atoms. The molecule has 0 fully saturated rings. The molecule has 0 aliphatic rings. The van der Waals surface area contributed by atoms with Gasteiger partial charge in [-0.3, -0.25) is 0 Å². The number of carboxylic acid groups (broad SMARTS) is 1. The topological polar surface area (TPSA) is 46.5 Å². The summed E-state index contributed by atoms with van der Waals surface area (Å²) < 4.78 is 5.90. The first-order valence-corrected chi connectivity index (χ1v) is 6.90. The van der Waals surface area contributed by atoms with Crippen molar-refractivity contribution >= 4 is 5.97 Å². The summed E-state index contributed by atoms with van der Waals surface area (Å²) >= 11 is 0. The third-order valence-electron chi connectivity index (χ3n) is 3.28. The number of hydrogen-bond donors (Lipinski definition) is 1. The lowest BCUT2D eigenvalue weighted by Gasteiger charge is -2.23. The van der Waals surface area contributed by atoms with Gasteiger partial charge in [0.1, 0.15) is 17.1 Å². The number of benzene rings is 2. The van der Waals surface area contributed by atoms with Crippen molar-refractivity contribution in [3.63, 3.8) is 0 Å². The molecule has 3 heteroatoms. The van der Waals surface area contributed by atoms with Gasteiger partial charge in [-0.1, -0.05) is 50.6 Å². The number of rotatable bonds is 3. The Morgan fingerprint density at radius 2 is 1.71 bits per heavy atom. The van der Waals surface area contributed by atoms with Crippen molar-refractivity contribution in [1.82, 2.24) is 0 Å². The number of aromatic carboxylic acids is 1. The molecule has 0 heterocycles.